The normalized spacial score (nSPS) is 22.3. The molecule has 1 saturated heterocycles. The monoisotopic (exact) mass is 740 g/mol. The third-order valence-electron chi connectivity index (χ3n) is 11.0. The van der Waals surface area contributed by atoms with Crippen molar-refractivity contribution in [2.45, 2.75) is 85.2 Å². The van der Waals surface area contributed by atoms with Gasteiger partial charge in [0.1, 0.15) is 16.5 Å². The van der Waals surface area contributed by atoms with Crippen LogP contribution in [-0.4, -0.2) is 75.4 Å². The third-order valence-corrected chi connectivity index (χ3v) is 11.0. The Morgan fingerprint density at radius 3 is 2.31 bits per heavy atom. The average molecular weight is 741 g/mol. The molecule has 4 unspecified atom stereocenters. The highest BCUT2D eigenvalue weighted by atomic mass is 16.8. The first kappa shape index (κ1) is 38.5. The summed E-state index contributed by atoms with van der Waals surface area (Å²) in [5.74, 6) is 1.53. The van der Waals surface area contributed by atoms with E-state index in [0.29, 0.717) is 43.5 Å². The minimum atomic E-state index is -0.723. The maximum Gasteiger partial charge on any atom is 0.357 e. The third kappa shape index (κ3) is 9.08. The lowest BCUT2D eigenvalue weighted by Gasteiger charge is -2.27. The van der Waals surface area contributed by atoms with Crippen LogP contribution in [0.4, 0.5) is 11.5 Å². The number of carbonyl (C=O) groups is 3. The number of nitrogens with one attached hydrogen (secondary N) is 5. The van der Waals surface area contributed by atoms with Gasteiger partial charge in [-0.2, -0.15) is 0 Å². The van der Waals surface area contributed by atoms with E-state index < -0.39 is 6.04 Å². The van der Waals surface area contributed by atoms with Crippen LogP contribution in [0.3, 0.4) is 0 Å². The molecule has 288 valence electrons. The molecular weight excluding hydrogens is 686 g/mol. The molecular formula is C40H54N9O5+. The second-order valence-corrected chi connectivity index (χ2v) is 15.9. The van der Waals surface area contributed by atoms with Crippen LogP contribution in [0, 0.1) is 28.1 Å². The molecule has 5 N–H and O–H groups in total. The summed E-state index contributed by atoms with van der Waals surface area (Å²) in [4.78, 5) is 69.8. The van der Waals surface area contributed by atoms with Crippen LogP contribution in [0.2, 0.25) is 0 Å². The number of aromatic nitrogens is 3. The molecule has 1 aliphatic heterocycles. The van der Waals surface area contributed by atoms with Crippen molar-refractivity contribution >= 4 is 34.8 Å². The summed E-state index contributed by atoms with van der Waals surface area (Å²) in [6, 6.07) is 2.70. The second kappa shape index (κ2) is 16.4. The smallest absolute Gasteiger partial charge is 0.357 e. The molecule has 4 aliphatic rings. The molecule has 54 heavy (non-hydrogen) atoms. The lowest BCUT2D eigenvalue weighted by atomic mass is 9.86. The lowest BCUT2D eigenvalue weighted by molar-refractivity contribution is -0.839. The first-order valence-electron chi connectivity index (χ1n) is 19.0. The van der Waals surface area contributed by atoms with Gasteiger partial charge in [-0.3, -0.25) is 14.4 Å². The highest BCUT2D eigenvalue weighted by molar-refractivity contribution is 6.04. The first-order chi connectivity index (χ1) is 25.8. The molecule has 0 spiro atoms. The molecule has 3 aliphatic carbocycles. The van der Waals surface area contributed by atoms with Gasteiger partial charge >= 0.3 is 5.03 Å². The van der Waals surface area contributed by atoms with Crippen molar-refractivity contribution in [2.75, 3.05) is 37.4 Å². The number of hydrazine groups is 1. The van der Waals surface area contributed by atoms with Gasteiger partial charge in [-0.05, 0) is 84.6 Å². The van der Waals surface area contributed by atoms with Crippen LogP contribution in [0.1, 0.15) is 90.7 Å². The quantitative estimate of drug-likeness (QED) is 0.116. The standard InChI is InChI=1S/C40H53N9O5/c1-24(2)35(47-49(53)54-6)39(52)48-23-25(3)19-33(48)36-44-22-32(46-36)28-11-7-26(8-12-28)27-9-13-29(14-10-27)37(50)45-30-15-16-34(43-21-30)41-17-18-42-38(51)31-20-40(31,4)5/h7,9,11,13,15-16,21-22,24-25,31,33,35H,8,10,12,14,17-20,23H2,1-6H3,(H4-,41,42,43,44,45,46,47,50,51,53)/p+1. The van der Waals surface area contributed by atoms with Crippen LogP contribution in [0.25, 0.3) is 5.57 Å². The van der Waals surface area contributed by atoms with Crippen LogP contribution in [0.5, 0.6) is 0 Å². The Balaban J connectivity index is 1.01. The second-order valence-electron chi connectivity index (χ2n) is 15.9. The van der Waals surface area contributed by atoms with Gasteiger partial charge in [0.2, 0.25) is 5.91 Å². The van der Waals surface area contributed by atoms with E-state index in [4.69, 9.17) is 4.98 Å². The van der Waals surface area contributed by atoms with Gasteiger partial charge in [0.15, 0.2) is 13.2 Å². The lowest BCUT2D eigenvalue weighted by Crippen LogP contribution is -2.51. The number of nitrogens with zero attached hydrogens (tertiary/aromatic N) is 4. The van der Waals surface area contributed by atoms with Crippen molar-refractivity contribution in [3.63, 3.8) is 0 Å². The summed E-state index contributed by atoms with van der Waals surface area (Å²) in [5, 5.41) is 9.37. The molecule has 0 aromatic carbocycles. The number of anilines is 2. The fourth-order valence-electron chi connectivity index (χ4n) is 7.47. The zero-order valence-electron chi connectivity index (χ0n) is 32.2. The van der Waals surface area contributed by atoms with E-state index in [0.717, 1.165) is 54.8 Å². The van der Waals surface area contributed by atoms with Crippen molar-refractivity contribution < 1.29 is 24.3 Å². The number of hydrogen-bond donors (Lipinski definition) is 5. The number of aromatic amines is 1. The number of H-pyrrole nitrogens is 1. The molecule has 2 aromatic rings. The molecule has 14 nitrogen and oxygen atoms in total. The Kier molecular flexibility index (Phi) is 11.7. The van der Waals surface area contributed by atoms with Crippen molar-refractivity contribution in [1.82, 2.24) is 30.6 Å². The van der Waals surface area contributed by atoms with Gasteiger partial charge in [0.25, 0.3) is 11.8 Å². The summed E-state index contributed by atoms with van der Waals surface area (Å²) in [5.41, 5.74) is 8.67. The highest BCUT2D eigenvalue weighted by Gasteiger charge is 2.50. The maximum atomic E-state index is 13.6. The summed E-state index contributed by atoms with van der Waals surface area (Å²) < 4.78 is 0. The predicted octanol–water partition coefficient (Wildman–Crippen LogP) is 5.55. The Morgan fingerprint density at radius 1 is 1.00 bits per heavy atom. The minimum Gasteiger partial charge on any atom is -0.368 e. The molecule has 0 radical (unpaired) electrons. The average Bonchev–Trinajstić information content (AvgIpc) is 3.45. The fraction of sp³-hybridized carbons (Fsp3) is 0.525. The Labute approximate surface area is 316 Å². The Hall–Kier alpha value is -5.27. The van der Waals surface area contributed by atoms with E-state index >= 15 is 0 Å². The summed E-state index contributed by atoms with van der Waals surface area (Å²) in [6.07, 6.45) is 16.6. The van der Waals surface area contributed by atoms with Crippen LogP contribution in [0.15, 0.2) is 65.5 Å². The van der Waals surface area contributed by atoms with E-state index in [1.807, 2.05) is 43.2 Å². The number of amides is 3. The van der Waals surface area contributed by atoms with Gasteiger partial charge in [-0.15, -0.1) is 0 Å². The Bertz CT molecular complexity index is 1870. The Morgan fingerprint density at radius 2 is 1.70 bits per heavy atom. The van der Waals surface area contributed by atoms with E-state index in [2.05, 4.69) is 75.2 Å². The fourth-order valence-corrected chi connectivity index (χ4v) is 7.47. The van der Waals surface area contributed by atoms with Crippen molar-refractivity contribution in [1.29, 1.82) is 0 Å². The number of imidazole rings is 1. The van der Waals surface area contributed by atoms with Gasteiger partial charge in [0, 0.05) is 31.1 Å². The van der Waals surface area contributed by atoms with Gasteiger partial charge in [-0.1, -0.05) is 64.3 Å². The number of pyridine rings is 1. The number of rotatable bonds is 15. The van der Waals surface area contributed by atoms with Gasteiger partial charge in [-0.25, -0.2) is 14.8 Å². The molecule has 2 fully saturated rings. The summed E-state index contributed by atoms with van der Waals surface area (Å²) in [7, 11) is 1.26. The topological polar surface area (TPSA) is 173 Å². The SMILES string of the molecule is CO[N+](=O)NC(C(=O)N1CC(C)CC1c1ncc(C2=CC=C(C3=CC=C(C(=O)Nc4ccc(NCCNC(=O)C5CC5(C)C)nc4)CC3)CC2)[nH]1)C(C)C. The van der Waals surface area contributed by atoms with Crippen molar-refractivity contribution in [3.8, 4) is 0 Å². The number of hydrogen-bond acceptors (Lipinski definition) is 8. The largest absolute Gasteiger partial charge is 0.368 e. The molecule has 2 aromatic heterocycles. The highest BCUT2D eigenvalue weighted by Crippen LogP contribution is 2.51. The molecule has 4 atom stereocenters. The van der Waals surface area contributed by atoms with Gasteiger partial charge in [0.05, 0.1) is 29.8 Å². The first-order valence-corrected chi connectivity index (χ1v) is 19.0. The molecule has 14 heteroatoms. The number of likely N-dealkylation sites (tertiary alicyclic amines) is 1. The number of allylic oxidation sites excluding steroid dienone is 7. The molecule has 6 rings (SSSR count). The van der Waals surface area contributed by atoms with Crippen LogP contribution >= 0.6 is 0 Å². The molecule has 1 saturated carbocycles. The minimum absolute atomic E-state index is 0.111. The van der Waals surface area contributed by atoms with Crippen molar-refractivity contribution in [3.05, 3.63) is 82.0 Å². The predicted molar refractivity (Wildman–Crippen MR) is 206 cm³/mol. The zero-order valence-corrected chi connectivity index (χ0v) is 32.2. The summed E-state index contributed by atoms with van der Waals surface area (Å²) >= 11 is 0. The molecule has 3 amide bonds. The van der Waals surface area contributed by atoms with E-state index in [1.165, 1.54) is 18.3 Å². The molecule has 3 heterocycles. The van der Waals surface area contributed by atoms with E-state index in [9.17, 15) is 19.3 Å². The zero-order chi connectivity index (χ0) is 38.6. The van der Waals surface area contributed by atoms with Gasteiger partial charge < -0.3 is 25.8 Å². The van der Waals surface area contributed by atoms with E-state index in [-0.39, 0.29) is 46.0 Å². The molecule has 0 bridgehead atoms. The maximum absolute atomic E-state index is 13.6. The number of carbonyl (C=O) groups excluding carboxylic acids is 3. The van der Waals surface area contributed by atoms with Crippen LogP contribution < -0.4 is 21.4 Å². The van der Waals surface area contributed by atoms with Crippen LogP contribution in [-0.2, 0) is 19.2 Å². The van der Waals surface area contributed by atoms with E-state index in [1.54, 1.807) is 6.20 Å². The van der Waals surface area contributed by atoms with Crippen molar-refractivity contribution in [2.24, 2.45) is 23.2 Å². The summed E-state index contributed by atoms with van der Waals surface area (Å²) in [6.45, 7) is 11.8.